The van der Waals surface area contributed by atoms with E-state index in [0.29, 0.717) is 26.8 Å². The third-order valence-electron chi connectivity index (χ3n) is 4.94. The number of hydrogen-bond donors (Lipinski definition) is 2. The van der Waals surface area contributed by atoms with Crippen molar-refractivity contribution in [3.63, 3.8) is 0 Å². The number of nitrogens with one attached hydrogen (secondary N) is 2. The van der Waals surface area contributed by atoms with Gasteiger partial charge in [-0.1, -0.05) is 36.1 Å². The smallest absolute Gasteiger partial charge is 0.337 e. The van der Waals surface area contributed by atoms with Crippen LogP contribution in [0.1, 0.15) is 39.1 Å². The Balaban J connectivity index is 1.46. The van der Waals surface area contributed by atoms with Crippen LogP contribution in [0.4, 0.5) is 5.69 Å². The molecule has 11 nitrogen and oxygen atoms in total. The van der Waals surface area contributed by atoms with E-state index in [0.717, 1.165) is 11.8 Å². The number of nitro benzene ring substituents is 1. The van der Waals surface area contributed by atoms with Crippen molar-refractivity contribution in [2.45, 2.75) is 12.8 Å². The van der Waals surface area contributed by atoms with Crippen LogP contribution in [0, 0.1) is 10.1 Å². The Bertz CT molecular complexity index is 1240. The van der Waals surface area contributed by atoms with Crippen LogP contribution in [0.2, 0.25) is 0 Å². The lowest BCUT2D eigenvalue weighted by Crippen LogP contribution is -2.41. The summed E-state index contributed by atoms with van der Waals surface area (Å²) in [5, 5.41) is 10.7. The number of thiocarbonyl (C=S) groups is 1. The van der Waals surface area contributed by atoms with Gasteiger partial charge in [-0.25, -0.2) is 4.79 Å². The van der Waals surface area contributed by atoms with Crippen molar-refractivity contribution in [3.05, 3.63) is 80.2 Å². The standard InChI is InChI=1S/C23H20N4O7S2/c1-34-22(31)16-6-4-14(5-7-16)13-18-21(30)26(23(35)36-18)12-2-3-19(28)24-25-20(29)15-8-10-17(11-9-15)27(32)33/h4-11,13H,2-3,12H2,1H3,(H,24,28)(H,25,29). The molecule has 2 N–H and O–H groups in total. The Labute approximate surface area is 215 Å². The predicted molar refractivity (Wildman–Crippen MR) is 136 cm³/mol. The largest absolute Gasteiger partial charge is 0.465 e. The number of carbonyl (C=O) groups excluding carboxylic acids is 4. The highest BCUT2D eigenvalue weighted by Gasteiger charge is 2.31. The van der Waals surface area contributed by atoms with Crippen LogP contribution >= 0.6 is 24.0 Å². The molecule has 186 valence electrons. The van der Waals surface area contributed by atoms with Gasteiger partial charge in [0.15, 0.2) is 0 Å². The van der Waals surface area contributed by atoms with Crippen molar-refractivity contribution in [3.8, 4) is 0 Å². The highest BCUT2D eigenvalue weighted by molar-refractivity contribution is 8.26. The first-order chi connectivity index (χ1) is 17.2. The lowest BCUT2D eigenvalue weighted by atomic mass is 10.1. The topological polar surface area (TPSA) is 148 Å². The number of esters is 1. The van der Waals surface area contributed by atoms with Crippen LogP contribution in [0.15, 0.2) is 53.4 Å². The molecule has 0 atom stereocenters. The van der Waals surface area contributed by atoms with Crippen molar-refractivity contribution in [2.24, 2.45) is 0 Å². The molecular formula is C23H20N4O7S2. The highest BCUT2D eigenvalue weighted by atomic mass is 32.2. The number of thioether (sulfide) groups is 1. The van der Waals surface area contributed by atoms with Crippen LogP contribution in [0.25, 0.3) is 6.08 Å². The van der Waals surface area contributed by atoms with E-state index in [1.165, 1.54) is 36.3 Å². The fraction of sp³-hybridized carbons (Fsp3) is 0.174. The summed E-state index contributed by atoms with van der Waals surface area (Å²) in [5.41, 5.74) is 5.60. The number of hydrogen-bond acceptors (Lipinski definition) is 9. The van der Waals surface area contributed by atoms with Gasteiger partial charge in [0, 0.05) is 30.7 Å². The minimum atomic E-state index is -0.625. The summed E-state index contributed by atoms with van der Waals surface area (Å²) in [6.07, 6.45) is 1.99. The van der Waals surface area contributed by atoms with Crippen LogP contribution in [0.3, 0.4) is 0 Å². The van der Waals surface area contributed by atoms with E-state index in [4.69, 9.17) is 12.2 Å². The molecule has 0 saturated carbocycles. The van der Waals surface area contributed by atoms with Gasteiger partial charge in [-0.2, -0.15) is 0 Å². The molecule has 13 heteroatoms. The fourth-order valence-electron chi connectivity index (χ4n) is 3.07. The molecule has 1 heterocycles. The molecular weight excluding hydrogens is 508 g/mol. The van der Waals surface area contributed by atoms with Crippen LogP contribution in [-0.2, 0) is 14.3 Å². The van der Waals surface area contributed by atoms with Crippen LogP contribution in [-0.4, -0.2) is 51.5 Å². The number of nitrogens with zero attached hydrogens (tertiary/aromatic N) is 2. The molecule has 1 aliphatic rings. The minimum absolute atomic E-state index is 0.0195. The number of hydrazine groups is 1. The van der Waals surface area contributed by atoms with Gasteiger partial charge in [0.2, 0.25) is 5.91 Å². The molecule has 3 amide bonds. The first kappa shape index (κ1) is 26.5. The van der Waals surface area contributed by atoms with Crippen LogP contribution in [0.5, 0.6) is 0 Å². The lowest BCUT2D eigenvalue weighted by Gasteiger charge is -2.14. The molecule has 3 rings (SSSR count). The summed E-state index contributed by atoms with van der Waals surface area (Å²) in [6, 6.07) is 11.5. The number of non-ortho nitro benzene ring substituents is 1. The first-order valence-electron chi connectivity index (χ1n) is 10.5. The Morgan fingerprint density at radius 1 is 1.08 bits per heavy atom. The summed E-state index contributed by atoms with van der Waals surface area (Å²) in [6.45, 7) is 0.215. The SMILES string of the molecule is COC(=O)c1ccc(C=C2SC(=S)N(CCCC(=O)NNC(=O)c3ccc([N+](=O)[O-])cc3)C2=O)cc1. The molecule has 0 radical (unpaired) electrons. The molecule has 1 aliphatic heterocycles. The van der Waals surface area contributed by atoms with Crippen molar-refractivity contribution >= 4 is 63.8 Å². The van der Waals surface area contributed by atoms with Crippen molar-refractivity contribution < 1.29 is 28.8 Å². The average Bonchev–Trinajstić information content (AvgIpc) is 3.14. The number of rotatable bonds is 8. The normalized spacial score (nSPS) is 14.0. The number of ether oxygens (including phenoxy) is 1. The molecule has 2 aromatic carbocycles. The summed E-state index contributed by atoms with van der Waals surface area (Å²) < 4.78 is 5.03. The quantitative estimate of drug-likeness (QED) is 0.173. The third-order valence-corrected chi connectivity index (χ3v) is 6.32. The molecule has 2 aromatic rings. The second-order valence-corrected chi connectivity index (χ2v) is 9.03. The number of carbonyl (C=O) groups is 4. The zero-order valence-electron chi connectivity index (χ0n) is 18.9. The monoisotopic (exact) mass is 528 g/mol. The number of methoxy groups -OCH3 is 1. The van der Waals surface area contributed by atoms with Crippen molar-refractivity contribution in [1.29, 1.82) is 0 Å². The molecule has 1 saturated heterocycles. The summed E-state index contributed by atoms with van der Waals surface area (Å²) in [4.78, 5) is 60.3. The number of nitro groups is 1. The van der Waals surface area contributed by atoms with E-state index in [9.17, 15) is 29.3 Å². The molecule has 36 heavy (non-hydrogen) atoms. The molecule has 0 spiro atoms. The Morgan fingerprint density at radius 3 is 2.33 bits per heavy atom. The van der Waals surface area contributed by atoms with Gasteiger partial charge in [-0.05, 0) is 42.3 Å². The maximum atomic E-state index is 12.7. The van der Waals surface area contributed by atoms with Crippen LogP contribution < -0.4 is 10.9 Å². The number of benzene rings is 2. The van der Waals surface area contributed by atoms with Gasteiger partial charge >= 0.3 is 5.97 Å². The first-order valence-corrected chi connectivity index (χ1v) is 11.7. The zero-order chi connectivity index (χ0) is 26.2. The molecule has 0 aliphatic carbocycles. The Morgan fingerprint density at radius 2 is 1.72 bits per heavy atom. The summed E-state index contributed by atoms with van der Waals surface area (Å²) >= 11 is 6.43. The van der Waals surface area contributed by atoms with E-state index in [-0.39, 0.29) is 30.1 Å². The van der Waals surface area contributed by atoms with Gasteiger partial charge in [-0.3, -0.25) is 40.2 Å². The third kappa shape index (κ3) is 6.73. The van der Waals surface area contributed by atoms with E-state index in [2.05, 4.69) is 15.6 Å². The van der Waals surface area contributed by atoms with E-state index in [1.807, 2.05) is 0 Å². The predicted octanol–water partition coefficient (Wildman–Crippen LogP) is 2.82. The molecule has 0 unspecified atom stereocenters. The van der Waals surface area contributed by atoms with Crippen molar-refractivity contribution in [1.82, 2.24) is 15.8 Å². The maximum absolute atomic E-state index is 12.7. The Hall–Kier alpha value is -4.10. The average molecular weight is 529 g/mol. The van der Waals surface area contributed by atoms with Gasteiger partial charge in [0.05, 0.1) is 22.5 Å². The van der Waals surface area contributed by atoms with E-state index < -0.39 is 22.7 Å². The van der Waals surface area contributed by atoms with Gasteiger partial charge in [0.1, 0.15) is 4.32 Å². The van der Waals surface area contributed by atoms with E-state index in [1.54, 1.807) is 30.3 Å². The molecule has 1 fully saturated rings. The highest BCUT2D eigenvalue weighted by Crippen LogP contribution is 2.32. The minimum Gasteiger partial charge on any atom is -0.465 e. The molecule has 0 aromatic heterocycles. The number of amides is 3. The fourth-order valence-corrected chi connectivity index (χ4v) is 4.38. The second-order valence-electron chi connectivity index (χ2n) is 7.36. The van der Waals surface area contributed by atoms with Gasteiger partial charge < -0.3 is 4.74 Å². The van der Waals surface area contributed by atoms with E-state index >= 15 is 0 Å². The van der Waals surface area contributed by atoms with Gasteiger partial charge in [0.25, 0.3) is 17.5 Å². The second kappa shape index (κ2) is 12.0. The molecule has 0 bridgehead atoms. The lowest BCUT2D eigenvalue weighted by molar-refractivity contribution is -0.384. The van der Waals surface area contributed by atoms with Crippen molar-refractivity contribution in [2.75, 3.05) is 13.7 Å². The maximum Gasteiger partial charge on any atom is 0.337 e. The Kier molecular flexibility index (Phi) is 8.86. The zero-order valence-corrected chi connectivity index (χ0v) is 20.5. The summed E-state index contributed by atoms with van der Waals surface area (Å²) in [7, 11) is 1.29. The summed E-state index contributed by atoms with van der Waals surface area (Å²) in [5.74, 6) is -1.84. The van der Waals surface area contributed by atoms with Gasteiger partial charge in [-0.15, -0.1) is 0 Å².